The van der Waals surface area contributed by atoms with Crippen LogP contribution in [0.3, 0.4) is 0 Å². The lowest BCUT2D eigenvalue weighted by Crippen LogP contribution is -2.24. The maximum Gasteiger partial charge on any atom is 0.416 e. The van der Waals surface area contributed by atoms with Gasteiger partial charge >= 0.3 is 6.18 Å². The summed E-state index contributed by atoms with van der Waals surface area (Å²) in [7, 11) is 3.40. The van der Waals surface area contributed by atoms with Crippen LogP contribution in [0, 0.1) is 11.3 Å². The van der Waals surface area contributed by atoms with Crippen molar-refractivity contribution in [3.63, 3.8) is 0 Å². The first kappa shape index (κ1) is 25.5. The molecule has 1 aliphatic heterocycles. The second-order valence-electron chi connectivity index (χ2n) is 9.72. The van der Waals surface area contributed by atoms with Gasteiger partial charge < -0.3 is 14.6 Å². The lowest BCUT2D eigenvalue weighted by molar-refractivity contribution is -0.138. The van der Waals surface area contributed by atoms with Crippen molar-refractivity contribution < 1.29 is 22.7 Å². The number of aromatic nitrogens is 4. The Balaban J connectivity index is 1.49. The summed E-state index contributed by atoms with van der Waals surface area (Å²) in [6.45, 7) is -0.280. The van der Waals surface area contributed by atoms with Crippen molar-refractivity contribution in [3.8, 4) is 28.6 Å². The molecule has 0 bridgehead atoms. The fourth-order valence-electron chi connectivity index (χ4n) is 5.02. The van der Waals surface area contributed by atoms with Gasteiger partial charge in [0.2, 0.25) is 0 Å². The molecule has 1 saturated carbocycles. The molecule has 2 aromatic heterocycles. The molecule has 40 heavy (non-hydrogen) atoms. The van der Waals surface area contributed by atoms with Crippen molar-refractivity contribution in [3.05, 3.63) is 77.1 Å². The first-order valence-corrected chi connectivity index (χ1v) is 12.4. The molecule has 3 heterocycles. The zero-order valence-corrected chi connectivity index (χ0v) is 21.4. The van der Waals surface area contributed by atoms with E-state index in [1.165, 1.54) is 17.0 Å². The Labute approximate surface area is 226 Å². The number of carbonyl (C=O) groups is 1. The van der Waals surface area contributed by atoms with E-state index in [0.717, 1.165) is 12.5 Å². The van der Waals surface area contributed by atoms with Gasteiger partial charge in [0.25, 0.3) is 5.91 Å². The molecule has 2 aliphatic rings. The van der Waals surface area contributed by atoms with Gasteiger partial charge in [0.1, 0.15) is 18.0 Å². The van der Waals surface area contributed by atoms with Gasteiger partial charge in [-0.25, -0.2) is 4.98 Å². The molecule has 2 aromatic carbocycles. The van der Waals surface area contributed by atoms with E-state index in [1.54, 1.807) is 55.4 Å². The number of nitriles is 1. The van der Waals surface area contributed by atoms with Crippen LogP contribution in [-0.4, -0.2) is 44.9 Å². The van der Waals surface area contributed by atoms with Crippen LogP contribution in [0.2, 0.25) is 0 Å². The molecule has 4 aromatic rings. The molecular weight excluding hydrogens is 523 g/mol. The molecule has 0 saturated heterocycles. The molecule has 2 atom stereocenters. The van der Waals surface area contributed by atoms with E-state index in [0.29, 0.717) is 33.9 Å². The van der Waals surface area contributed by atoms with Gasteiger partial charge in [-0.05, 0) is 65.6 Å². The zero-order chi connectivity index (χ0) is 28.2. The Morgan fingerprint density at radius 3 is 2.62 bits per heavy atom. The number of methoxy groups -OCH3 is 1. The minimum Gasteiger partial charge on any atom is -0.379 e. The van der Waals surface area contributed by atoms with E-state index in [-0.39, 0.29) is 35.6 Å². The van der Waals surface area contributed by atoms with E-state index in [9.17, 15) is 23.2 Å². The van der Waals surface area contributed by atoms with E-state index >= 15 is 0 Å². The van der Waals surface area contributed by atoms with Crippen molar-refractivity contribution in [1.29, 1.82) is 5.26 Å². The topological polar surface area (TPSA) is 109 Å². The van der Waals surface area contributed by atoms with Crippen LogP contribution in [0.1, 0.15) is 33.5 Å². The summed E-state index contributed by atoms with van der Waals surface area (Å²) in [6, 6.07) is 14.3. The third kappa shape index (κ3) is 4.44. The van der Waals surface area contributed by atoms with Crippen LogP contribution in [0.5, 0.6) is 0 Å². The van der Waals surface area contributed by atoms with Gasteiger partial charge in [-0.1, -0.05) is 6.07 Å². The van der Waals surface area contributed by atoms with Gasteiger partial charge in [0.05, 0.1) is 35.9 Å². The number of pyridine rings is 1. The fraction of sp³-hybridized carbons (Fsp3) is 0.250. The molecule has 0 spiro atoms. The Morgan fingerprint density at radius 1 is 1.12 bits per heavy atom. The monoisotopic (exact) mass is 545 g/mol. The summed E-state index contributed by atoms with van der Waals surface area (Å²) in [5.74, 6) is 0.573. The number of fused-ring (bicyclic) bond motifs is 1. The van der Waals surface area contributed by atoms with Crippen molar-refractivity contribution in [2.24, 2.45) is 7.05 Å². The number of nitrogens with zero attached hydrogens (tertiary/aromatic N) is 6. The van der Waals surface area contributed by atoms with Crippen molar-refractivity contribution in [2.75, 3.05) is 17.3 Å². The second kappa shape index (κ2) is 9.46. The van der Waals surface area contributed by atoms with E-state index in [2.05, 4.69) is 26.6 Å². The van der Waals surface area contributed by atoms with Crippen LogP contribution in [-0.2, 0) is 24.5 Å². The Kier molecular flexibility index (Phi) is 6.03. The third-order valence-electron chi connectivity index (χ3n) is 7.14. The van der Waals surface area contributed by atoms with Gasteiger partial charge in [-0.15, -0.1) is 10.2 Å². The minimum atomic E-state index is -4.60. The molecule has 1 aliphatic carbocycles. The highest BCUT2D eigenvalue weighted by Gasteiger charge is 2.41. The molecular formula is C28H22F3N7O2. The average molecular weight is 546 g/mol. The maximum absolute atomic E-state index is 13.7. The predicted octanol–water partition coefficient (Wildman–Crippen LogP) is 4.79. The third-order valence-corrected chi connectivity index (χ3v) is 7.14. The molecule has 1 fully saturated rings. The zero-order valence-electron chi connectivity index (χ0n) is 21.4. The fourth-order valence-corrected chi connectivity index (χ4v) is 5.02. The number of amides is 1. The Morgan fingerprint density at radius 2 is 1.95 bits per heavy atom. The summed E-state index contributed by atoms with van der Waals surface area (Å²) in [5.41, 5.74) is 1.35. The molecule has 9 nitrogen and oxygen atoms in total. The van der Waals surface area contributed by atoms with Crippen LogP contribution in [0.25, 0.3) is 22.5 Å². The molecule has 202 valence electrons. The van der Waals surface area contributed by atoms with Crippen molar-refractivity contribution in [2.45, 2.75) is 31.3 Å². The SMILES string of the molecule is CO[C@@H]1C[C@H]1Nc1cc(-c2cc(C#N)ccc2-c2nncn2C)cc(N2Cc3c(cccc3C(F)(F)F)C2=O)n1. The lowest BCUT2D eigenvalue weighted by Gasteiger charge is -2.19. The number of anilines is 2. The first-order valence-electron chi connectivity index (χ1n) is 12.4. The molecule has 1 amide bonds. The number of nitrogens with one attached hydrogen (secondary N) is 1. The highest BCUT2D eigenvalue weighted by atomic mass is 19.4. The van der Waals surface area contributed by atoms with Crippen LogP contribution >= 0.6 is 0 Å². The summed E-state index contributed by atoms with van der Waals surface area (Å²) >= 11 is 0. The van der Waals surface area contributed by atoms with Gasteiger partial charge in [0.15, 0.2) is 5.82 Å². The van der Waals surface area contributed by atoms with Crippen molar-refractivity contribution >= 4 is 17.5 Å². The Hall–Kier alpha value is -4.76. The van der Waals surface area contributed by atoms with E-state index < -0.39 is 17.6 Å². The molecule has 0 unspecified atom stereocenters. The first-order chi connectivity index (χ1) is 19.2. The molecule has 6 rings (SSSR count). The number of ether oxygens (including phenoxy) is 1. The summed E-state index contributed by atoms with van der Waals surface area (Å²) in [5, 5.41) is 21.1. The second-order valence-corrected chi connectivity index (χ2v) is 9.72. The molecule has 0 radical (unpaired) electrons. The number of hydrogen-bond acceptors (Lipinski definition) is 7. The quantitative estimate of drug-likeness (QED) is 0.371. The van der Waals surface area contributed by atoms with Crippen molar-refractivity contribution in [1.82, 2.24) is 19.7 Å². The number of benzene rings is 2. The van der Waals surface area contributed by atoms with Crippen LogP contribution < -0.4 is 10.2 Å². The number of rotatable bonds is 6. The average Bonchev–Trinajstić information content (AvgIpc) is 3.41. The predicted molar refractivity (Wildman–Crippen MR) is 139 cm³/mol. The summed E-state index contributed by atoms with van der Waals surface area (Å²) < 4.78 is 48.4. The van der Waals surface area contributed by atoms with Crippen LogP contribution in [0.15, 0.2) is 54.9 Å². The largest absolute Gasteiger partial charge is 0.416 e. The summed E-state index contributed by atoms with van der Waals surface area (Å²) in [4.78, 5) is 19.2. The van der Waals surface area contributed by atoms with E-state index in [4.69, 9.17) is 4.74 Å². The van der Waals surface area contributed by atoms with E-state index in [1.807, 2.05) is 0 Å². The lowest BCUT2D eigenvalue weighted by atomic mass is 9.97. The number of carbonyl (C=O) groups excluding carboxylic acids is 1. The van der Waals surface area contributed by atoms with Gasteiger partial charge in [0, 0.05) is 25.3 Å². The highest BCUT2D eigenvalue weighted by molar-refractivity contribution is 6.10. The number of aryl methyl sites for hydroxylation is 1. The highest BCUT2D eigenvalue weighted by Crippen LogP contribution is 2.41. The molecule has 1 N–H and O–H groups in total. The van der Waals surface area contributed by atoms with Gasteiger partial charge in [-0.3, -0.25) is 9.69 Å². The van der Waals surface area contributed by atoms with Crippen LogP contribution in [0.4, 0.5) is 24.8 Å². The normalized spacial score (nSPS) is 18.0. The standard InChI is InChI=1S/C28H22F3N7O2/c1-37-14-33-36-26(37)17-7-6-15(12-32)8-19(17)16-9-24(34-22-11-23(22)40-2)35-25(10-16)38-13-20-18(27(38)39)4-3-5-21(20)28(29,30)31/h3-10,14,22-23H,11,13H2,1-2H3,(H,34,35)/t22-,23-/m1/s1. The number of alkyl halides is 3. The minimum absolute atomic E-state index is 0.00274. The summed E-state index contributed by atoms with van der Waals surface area (Å²) in [6.07, 6.45) is -2.29. The number of hydrogen-bond donors (Lipinski definition) is 1. The van der Waals surface area contributed by atoms with Gasteiger partial charge in [-0.2, -0.15) is 18.4 Å². The smallest absolute Gasteiger partial charge is 0.379 e. The maximum atomic E-state index is 13.7. The molecule has 12 heteroatoms. The number of halogens is 3. The Bertz CT molecular complexity index is 1690.